The lowest BCUT2D eigenvalue weighted by molar-refractivity contribution is -0.137. The van der Waals surface area contributed by atoms with Crippen molar-refractivity contribution in [1.29, 1.82) is 0 Å². The number of carbonyl (C=O) groups excluding carboxylic acids is 1. The number of esters is 1. The minimum atomic E-state index is -0.294. The summed E-state index contributed by atoms with van der Waals surface area (Å²) >= 11 is 0. The second-order valence-corrected chi connectivity index (χ2v) is 2.44. The Morgan fingerprint density at radius 2 is 2.67 bits per heavy atom. The number of rotatable bonds is 3. The van der Waals surface area contributed by atoms with Crippen molar-refractivity contribution in [1.82, 2.24) is 0 Å². The second kappa shape index (κ2) is 4.59. The summed E-state index contributed by atoms with van der Waals surface area (Å²) < 4.78 is 9.68. The highest BCUT2D eigenvalue weighted by molar-refractivity contribution is 5.81. The van der Waals surface area contributed by atoms with Crippen LogP contribution in [-0.2, 0) is 14.3 Å². The van der Waals surface area contributed by atoms with Gasteiger partial charge in [-0.05, 0) is 13.0 Å². The highest BCUT2D eigenvalue weighted by Crippen LogP contribution is 2.09. The third-order valence-electron chi connectivity index (χ3n) is 1.48. The van der Waals surface area contributed by atoms with E-state index in [1.165, 1.54) is 6.08 Å². The summed E-state index contributed by atoms with van der Waals surface area (Å²) in [5.41, 5.74) is 0. The molecule has 0 N–H and O–H groups in total. The van der Waals surface area contributed by atoms with Gasteiger partial charge in [-0.25, -0.2) is 4.79 Å². The monoisotopic (exact) mass is 168 g/mol. The Labute approximate surface area is 71.7 Å². The van der Waals surface area contributed by atoms with Crippen molar-refractivity contribution < 1.29 is 14.3 Å². The Kier molecular flexibility index (Phi) is 3.38. The van der Waals surface area contributed by atoms with Crippen LogP contribution in [0.2, 0.25) is 0 Å². The first kappa shape index (κ1) is 8.84. The molecule has 0 amide bonds. The van der Waals surface area contributed by atoms with E-state index < -0.39 is 0 Å². The number of carbonyl (C=O) groups is 1. The van der Waals surface area contributed by atoms with E-state index in [2.05, 4.69) is 0 Å². The van der Waals surface area contributed by atoms with E-state index in [1.54, 1.807) is 19.3 Å². The largest absolute Gasteiger partial charge is 0.501 e. The molecular weight excluding hydrogens is 156 g/mol. The topological polar surface area (TPSA) is 35.5 Å². The average Bonchev–Trinajstić information content (AvgIpc) is 2.53. The van der Waals surface area contributed by atoms with Gasteiger partial charge >= 0.3 is 5.97 Å². The quantitative estimate of drug-likeness (QED) is 0.470. The normalized spacial score (nSPS) is 21.2. The molecule has 1 unspecified atom stereocenters. The predicted octanol–water partition coefficient (Wildman–Crippen LogP) is 1.27. The van der Waals surface area contributed by atoms with Gasteiger partial charge in [-0.2, -0.15) is 0 Å². The van der Waals surface area contributed by atoms with Gasteiger partial charge in [0.1, 0.15) is 0 Å². The zero-order chi connectivity index (χ0) is 8.81. The van der Waals surface area contributed by atoms with Gasteiger partial charge in [-0.15, -0.1) is 0 Å². The molecule has 1 rings (SSSR count). The van der Waals surface area contributed by atoms with Crippen LogP contribution in [0.3, 0.4) is 0 Å². The number of hydrogen-bond acceptors (Lipinski definition) is 3. The Morgan fingerprint density at radius 1 is 1.83 bits per heavy atom. The third kappa shape index (κ3) is 2.78. The first-order valence-corrected chi connectivity index (χ1v) is 3.96. The van der Waals surface area contributed by atoms with E-state index in [0.29, 0.717) is 13.2 Å². The van der Waals surface area contributed by atoms with E-state index >= 15 is 0 Å². The molecule has 1 aliphatic heterocycles. The SMILES string of the molecule is CCOC(=O)/C=C/C1C=COC1. The molecule has 12 heavy (non-hydrogen) atoms. The minimum Gasteiger partial charge on any atom is -0.501 e. The summed E-state index contributed by atoms with van der Waals surface area (Å²) in [6, 6.07) is 0. The van der Waals surface area contributed by atoms with Crippen LogP contribution in [0.4, 0.5) is 0 Å². The molecule has 1 atom stereocenters. The molecule has 0 aromatic heterocycles. The summed E-state index contributed by atoms with van der Waals surface area (Å²) in [7, 11) is 0. The molecule has 66 valence electrons. The fraction of sp³-hybridized carbons (Fsp3) is 0.444. The van der Waals surface area contributed by atoms with Crippen LogP contribution in [0.25, 0.3) is 0 Å². The first-order valence-electron chi connectivity index (χ1n) is 3.96. The van der Waals surface area contributed by atoms with E-state index in [-0.39, 0.29) is 11.9 Å². The lowest BCUT2D eigenvalue weighted by Crippen LogP contribution is -2.01. The van der Waals surface area contributed by atoms with Crippen LogP contribution < -0.4 is 0 Å². The van der Waals surface area contributed by atoms with Crippen molar-refractivity contribution in [2.75, 3.05) is 13.2 Å². The average molecular weight is 168 g/mol. The molecule has 0 saturated heterocycles. The van der Waals surface area contributed by atoms with E-state index in [4.69, 9.17) is 9.47 Å². The lowest BCUT2D eigenvalue weighted by atomic mass is 10.1. The van der Waals surface area contributed by atoms with Gasteiger partial charge in [0.15, 0.2) is 0 Å². The molecule has 0 aromatic rings. The van der Waals surface area contributed by atoms with Crippen LogP contribution in [0.15, 0.2) is 24.5 Å². The summed E-state index contributed by atoms with van der Waals surface area (Å²) in [5.74, 6) is -0.0767. The zero-order valence-electron chi connectivity index (χ0n) is 7.03. The van der Waals surface area contributed by atoms with Crippen LogP contribution in [-0.4, -0.2) is 19.2 Å². The molecule has 0 saturated carbocycles. The summed E-state index contributed by atoms with van der Waals surface area (Å²) in [5, 5.41) is 0. The lowest BCUT2D eigenvalue weighted by Gasteiger charge is -1.98. The van der Waals surface area contributed by atoms with Crippen molar-refractivity contribution in [2.45, 2.75) is 6.92 Å². The van der Waals surface area contributed by atoms with Gasteiger partial charge in [-0.3, -0.25) is 0 Å². The Morgan fingerprint density at radius 3 is 3.25 bits per heavy atom. The van der Waals surface area contributed by atoms with Crippen molar-refractivity contribution in [2.24, 2.45) is 5.92 Å². The molecule has 3 nitrogen and oxygen atoms in total. The van der Waals surface area contributed by atoms with Crippen LogP contribution >= 0.6 is 0 Å². The maximum Gasteiger partial charge on any atom is 0.330 e. The van der Waals surface area contributed by atoms with Gasteiger partial charge in [0.2, 0.25) is 0 Å². The van der Waals surface area contributed by atoms with E-state index in [0.717, 1.165) is 0 Å². The predicted molar refractivity (Wildman–Crippen MR) is 44.4 cm³/mol. The van der Waals surface area contributed by atoms with Crippen molar-refractivity contribution in [3.63, 3.8) is 0 Å². The van der Waals surface area contributed by atoms with Gasteiger partial charge < -0.3 is 9.47 Å². The van der Waals surface area contributed by atoms with Crippen LogP contribution in [0.1, 0.15) is 6.92 Å². The summed E-state index contributed by atoms with van der Waals surface area (Å²) in [6.07, 6.45) is 6.75. The fourth-order valence-corrected chi connectivity index (χ4v) is 0.891. The highest BCUT2D eigenvalue weighted by atomic mass is 16.5. The molecule has 1 heterocycles. The second-order valence-electron chi connectivity index (χ2n) is 2.44. The molecular formula is C9H12O3. The van der Waals surface area contributed by atoms with Gasteiger partial charge in [-0.1, -0.05) is 6.08 Å². The highest BCUT2D eigenvalue weighted by Gasteiger charge is 2.06. The Hall–Kier alpha value is -1.25. The maximum absolute atomic E-state index is 10.8. The number of hydrogen-bond donors (Lipinski definition) is 0. The summed E-state index contributed by atoms with van der Waals surface area (Å²) in [4.78, 5) is 10.8. The zero-order valence-corrected chi connectivity index (χ0v) is 7.03. The molecule has 0 bridgehead atoms. The Bertz CT molecular complexity index is 206. The summed E-state index contributed by atoms with van der Waals surface area (Å²) in [6.45, 7) is 2.82. The van der Waals surface area contributed by atoms with Crippen molar-refractivity contribution >= 4 is 5.97 Å². The maximum atomic E-state index is 10.8. The first-order chi connectivity index (χ1) is 5.83. The molecule has 1 aliphatic rings. The van der Waals surface area contributed by atoms with Crippen molar-refractivity contribution in [3.8, 4) is 0 Å². The molecule has 0 fully saturated rings. The van der Waals surface area contributed by atoms with Gasteiger partial charge in [0, 0.05) is 12.0 Å². The van der Waals surface area contributed by atoms with E-state index in [9.17, 15) is 4.79 Å². The fourth-order valence-electron chi connectivity index (χ4n) is 0.891. The van der Waals surface area contributed by atoms with Crippen LogP contribution in [0, 0.1) is 5.92 Å². The Balaban J connectivity index is 2.28. The minimum absolute atomic E-state index is 0.217. The smallest absolute Gasteiger partial charge is 0.330 e. The molecule has 3 heteroatoms. The van der Waals surface area contributed by atoms with Gasteiger partial charge in [0.25, 0.3) is 0 Å². The number of ether oxygens (including phenoxy) is 2. The molecule has 0 aromatic carbocycles. The van der Waals surface area contributed by atoms with Crippen molar-refractivity contribution in [3.05, 3.63) is 24.5 Å². The molecule has 0 aliphatic carbocycles. The standard InChI is InChI=1S/C9H12O3/c1-2-12-9(10)4-3-8-5-6-11-7-8/h3-6,8H,2,7H2,1H3/b4-3+. The molecule has 0 spiro atoms. The third-order valence-corrected chi connectivity index (χ3v) is 1.48. The van der Waals surface area contributed by atoms with E-state index in [1.807, 2.05) is 6.08 Å². The van der Waals surface area contributed by atoms with Gasteiger partial charge in [0.05, 0.1) is 19.5 Å². The molecule has 0 radical (unpaired) electrons. The van der Waals surface area contributed by atoms with Crippen LogP contribution in [0.5, 0.6) is 0 Å².